The van der Waals surface area contributed by atoms with E-state index >= 15 is 0 Å². The Labute approximate surface area is 128 Å². The molecule has 0 aromatic heterocycles. The van der Waals surface area contributed by atoms with E-state index in [9.17, 15) is 14.0 Å². The van der Waals surface area contributed by atoms with Crippen molar-refractivity contribution in [3.8, 4) is 0 Å². The normalized spacial score (nSPS) is 15.5. The van der Waals surface area contributed by atoms with Crippen molar-refractivity contribution < 1.29 is 14.0 Å². The van der Waals surface area contributed by atoms with Crippen molar-refractivity contribution in [2.24, 2.45) is 5.92 Å². The van der Waals surface area contributed by atoms with Gasteiger partial charge < -0.3 is 0 Å². The largest absolute Gasteiger partial charge is 0.273 e. The molecule has 0 atom stereocenters. The third kappa shape index (κ3) is 4.43. The number of amides is 2. The average molecular weight is 313 g/mol. The zero-order valence-corrected chi connectivity index (χ0v) is 12.4. The zero-order chi connectivity index (χ0) is 15.2. The molecule has 1 saturated carbocycles. The Balaban J connectivity index is 1.83. The Hall–Kier alpha value is -1.62. The molecule has 0 saturated heterocycles. The molecule has 114 valence electrons. The summed E-state index contributed by atoms with van der Waals surface area (Å²) in [5.41, 5.74) is 4.85. The lowest BCUT2D eigenvalue weighted by Crippen LogP contribution is -2.45. The van der Waals surface area contributed by atoms with Crippen LogP contribution >= 0.6 is 11.6 Å². The molecule has 1 aliphatic carbocycles. The Bertz CT molecular complexity index is 510. The van der Waals surface area contributed by atoms with Crippen LogP contribution in [0.3, 0.4) is 0 Å². The van der Waals surface area contributed by atoms with Crippen LogP contribution in [-0.4, -0.2) is 11.8 Å². The van der Waals surface area contributed by atoms with E-state index in [0.717, 1.165) is 32.1 Å². The fraction of sp³-hybridized carbons (Fsp3) is 0.467. The predicted molar refractivity (Wildman–Crippen MR) is 78.0 cm³/mol. The minimum Gasteiger partial charge on any atom is -0.273 e. The van der Waals surface area contributed by atoms with Gasteiger partial charge in [0.1, 0.15) is 5.82 Å². The number of carbonyl (C=O) groups is 2. The average Bonchev–Trinajstić information content (AvgIpc) is 2.49. The molecule has 4 nitrogen and oxygen atoms in total. The van der Waals surface area contributed by atoms with E-state index in [1.54, 1.807) is 0 Å². The molecule has 1 aromatic rings. The minimum absolute atomic E-state index is 0.0453. The summed E-state index contributed by atoms with van der Waals surface area (Å²) < 4.78 is 13.5. The van der Waals surface area contributed by atoms with Gasteiger partial charge in [0.15, 0.2) is 0 Å². The SMILES string of the molecule is O=C(Cc1c(F)cccc1Cl)NNC(=O)C1CCCCC1. The number of rotatable bonds is 3. The molecule has 0 spiro atoms. The van der Waals surface area contributed by atoms with E-state index in [2.05, 4.69) is 10.9 Å². The number of benzene rings is 1. The van der Waals surface area contributed by atoms with Crippen molar-refractivity contribution in [1.82, 2.24) is 10.9 Å². The van der Waals surface area contributed by atoms with Gasteiger partial charge in [0.25, 0.3) is 0 Å². The first kappa shape index (κ1) is 15.8. The predicted octanol–water partition coefficient (Wildman–Crippen LogP) is 2.75. The number of hydrogen-bond donors (Lipinski definition) is 2. The molecule has 6 heteroatoms. The first-order valence-corrected chi connectivity index (χ1v) is 7.47. The minimum atomic E-state index is -0.531. The lowest BCUT2D eigenvalue weighted by molar-refractivity contribution is -0.131. The molecular formula is C15H18ClFN2O2. The third-order valence-corrected chi connectivity index (χ3v) is 4.05. The van der Waals surface area contributed by atoms with Crippen LogP contribution < -0.4 is 10.9 Å². The Morgan fingerprint density at radius 1 is 1.19 bits per heavy atom. The van der Waals surface area contributed by atoms with Gasteiger partial charge in [0, 0.05) is 16.5 Å². The van der Waals surface area contributed by atoms with Crippen LogP contribution in [0, 0.1) is 11.7 Å². The van der Waals surface area contributed by atoms with E-state index in [-0.39, 0.29) is 28.8 Å². The highest BCUT2D eigenvalue weighted by atomic mass is 35.5. The monoisotopic (exact) mass is 312 g/mol. The standard InChI is InChI=1S/C15H18ClFN2O2/c16-12-7-4-8-13(17)11(12)9-14(20)18-19-15(21)10-5-2-1-3-6-10/h4,7-8,10H,1-3,5-6,9H2,(H,18,20)(H,19,21). The first-order chi connectivity index (χ1) is 10.1. The van der Waals surface area contributed by atoms with Crippen molar-refractivity contribution in [2.75, 3.05) is 0 Å². The van der Waals surface area contributed by atoms with Crippen molar-refractivity contribution >= 4 is 23.4 Å². The second kappa shape index (κ2) is 7.41. The number of halogens is 2. The summed E-state index contributed by atoms with van der Waals surface area (Å²) in [5.74, 6) is -1.25. The van der Waals surface area contributed by atoms with Crippen molar-refractivity contribution in [3.05, 3.63) is 34.6 Å². The summed E-state index contributed by atoms with van der Waals surface area (Å²) in [6.07, 6.45) is 4.72. The van der Waals surface area contributed by atoms with Gasteiger partial charge in [-0.05, 0) is 25.0 Å². The van der Waals surface area contributed by atoms with Crippen LogP contribution in [0.4, 0.5) is 4.39 Å². The van der Waals surface area contributed by atoms with E-state index in [1.807, 2.05) is 0 Å². The lowest BCUT2D eigenvalue weighted by atomic mass is 9.89. The van der Waals surface area contributed by atoms with Crippen LogP contribution in [-0.2, 0) is 16.0 Å². The molecule has 0 radical (unpaired) electrons. The van der Waals surface area contributed by atoms with Gasteiger partial charge in [0.05, 0.1) is 6.42 Å². The summed E-state index contributed by atoms with van der Waals surface area (Å²) in [4.78, 5) is 23.6. The number of hydrogen-bond acceptors (Lipinski definition) is 2. The Kier molecular flexibility index (Phi) is 5.56. The molecule has 0 heterocycles. The molecule has 2 N–H and O–H groups in total. The van der Waals surface area contributed by atoms with Gasteiger partial charge in [-0.25, -0.2) is 4.39 Å². The summed E-state index contributed by atoms with van der Waals surface area (Å²) in [5, 5.41) is 0.198. The molecule has 1 aliphatic rings. The number of carbonyl (C=O) groups excluding carboxylic acids is 2. The number of nitrogens with one attached hydrogen (secondary N) is 2. The molecule has 0 bridgehead atoms. The second-order valence-electron chi connectivity index (χ2n) is 5.25. The molecule has 1 fully saturated rings. The van der Waals surface area contributed by atoms with Crippen LogP contribution in [0.5, 0.6) is 0 Å². The molecule has 0 unspecified atom stereocenters. The Morgan fingerprint density at radius 3 is 2.57 bits per heavy atom. The second-order valence-corrected chi connectivity index (χ2v) is 5.66. The van der Waals surface area contributed by atoms with Gasteiger partial charge in [-0.1, -0.05) is 36.9 Å². The lowest BCUT2D eigenvalue weighted by Gasteiger charge is -2.20. The quantitative estimate of drug-likeness (QED) is 0.843. The van der Waals surface area contributed by atoms with E-state index in [4.69, 9.17) is 11.6 Å². The van der Waals surface area contributed by atoms with Crippen molar-refractivity contribution in [3.63, 3.8) is 0 Å². The van der Waals surface area contributed by atoms with Gasteiger partial charge in [-0.3, -0.25) is 20.4 Å². The van der Waals surface area contributed by atoms with Gasteiger partial charge in [-0.15, -0.1) is 0 Å². The van der Waals surface area contributed by atoms with E-state index < -0.39 is 11.7 Å². The topological polar surface area (TPSA) is 58.2 Å². The molecular weight excluding hydrogens is 295 g/mol. The fourth-order valence-electron chi connectivity index (χ4n) is 2.50. The molecule has 1 aromatic carbocycles. The van der Waals surface area contributed by atoms with Gasteiger partial charge in [-0.2, -0.15) is 0 Å². The highest BCUT2D eigenvalue weighted by Gasteiger charge is 2.21. The summed E-state index contributed by atoms with van der Waals surface area (Å²) in [7, 11) is 0. The van der Waals surface area contributed by atoms with Crippen LogP contribution in [0.2, 0.25) is 5.02 Å². The maximum atomic E-state index is 13.5. The molecule has 2 rings (SSSR count). The zero-order valence-electron chi connectivity index (χ0n) is 11.6. The maximum Gasteiger partial charge on any atom is 0.242 e. The van der Waals surface area contributed by atoms with E-state index in [0.29, 0.717) is 0 Å². The maximum absolute atomic E-state index is 13.5. The highest BCUT2D eigenvalue weighted by molar-refractivity contribution is 6.31. The summed E-state index contributed by atoms with van der Waals surface area (Å²) in [6.45, 7) is 0. The van der Waals surface area contributed by atoms with Crippen LogP contribution in [0.25, 0.3) is 0 Å². The van der Waals surface area contributed by atoms with Gasteiger partial charge >= 0.3 is 0 Å². The van der Waals surface area contributed by atoms with Crippen LogP contribution in [0.1, 0.15) is 37.7 Å². The molecule has 2 amide bonds. The van der Waals surface area contributed by atoms with Crippen molar-refractivity contribution in [2.45, 2.75) is 38.5 Å². The molecule has 0 aliphatic heterocycles. The highest BCUT2D eigenvalue weighted by Crippen LogP contribution is 2.23. The smallest absolute Gasteiger partial charge is 0.242 e. The van der Waals surface area contributed by atoms with Crippen LogP contribution in [0.15, 0.2) is 18.2 Å². The summed E-state index contributed by atoms with van der Waals surface area (Å²) >= 11 is 5.85. The van der Waals surface area contributed by atoms with Crippen molar-refractivity contribution in [1.29, 1.82) is 0 Å². The fourth-order valence-corrected chi connectivity index (χ4v) is 2.73. The summed E-state index contributed by atoms with van der Waals surface area (Å²) in [6, 6.07) is 4.24. The van der Waals surface area contributed by atoms with E-state index in [1.165, 1.54) is 18.2 Å². The van der Waals surface area contributed by atoms with Gasteiger partial charge in [0.2, 0.25) is 11.8 Å². The Morgan fingerprint density at radius 2 is 1.90 bits per heavy atom. The number of hydrazine groups is 1. The third-order valence-electron chi connectivity index (χ3n) is 3.70. The molecule has 21 heavy (non-hydrogen) atoms. The first-order valence-electron chi connectivity index (χ1n) is 7.09.